The molecular formula is C18H32N2O7S. The van der Waals surface area contributed by atoms with E-state index in [-0.39, 0.29) is 19.6 Å². The molecule has 0 radical (unpaired) electrons. The van der Waals surface area contributed by atoms with E-state index in [9.17, 15) is 19.2 Å². The van der Waals surface area contributed by atoms with Crippen LogP contribution in [0, 0.1) is 0 Å². The van der Waals surface area contributed by atoms with Crippen molar-refractivity contribution in [1.29, 1.82) is 0 Å². The van der Waals surface area contributed by atoms with E-state index >= 15 is 0 Å². The summed E-state index contributed by atoms with van der Waals surface area (Å²) >= 11 is 1.60. The summed E-state index contributed by atoms with van der Waals surface area (Å²) in [5.41, 5.74) is 3.60. The molecule has 1 amide bonds. The van der Waals surface area contributed by atoms with Crippen molar-refractivity contribution in [3.8, 4) is 0 Å². The lowest BCUT2D eigenvalue weighted by molar-refractivity contribution is -0.168. The SMILES string of the molecule is CCOC(=O)C(CCCCCSCC[C@H](N)C(=O)O)(NC(C)=O)C(=O)OCC. The Labute approximate surface area is 170 Å². The van der Waals surface area contributed by atoms with Crippen molar-refractivity contribution in [1.82, 2.24) is 5.32 Å². The molecule has 0 aliphatic rings. The molecule has 28 heavy (non-hydrogen) atoms. The van der Waals surface area contributed by atoms with Crippen molar-refractivity contribution in [3.05, 3.63) is 0 Å². The molecule has 0 heterocycles. The fourth-order valence-electron chi connectivity index (χ4n) is 2.47. The number of ether oxygens (including phenoxy) is 2. The summed E-state index contributed by atoms with van der Waals surface area (Å²) in [4.78, 5) is 47.1. The first kappa shape index (κ1) is 26.2. The lowest BCUT2D eigenvalue weighted by Gasteiger charge is -2.29. The first-order valence-corrected chi connectivity index (χ1v) is 10.6. The third-order valence-corrected chi connectivity index (χ3v) is 4.97. The largest absolute Gasteiger partial charge is 0.480 e. The van der Waals surface area contributed by atoms with Crippen LogP contribution in [-0.2, 0) is 28.7 Å². The fraction of sp³-hybridized carbons (Fsp3) is 0.778. The van der Waals surface area contributed by atoms with Crippen LogP contribution in [0.3, 0.4) is 0 Å². The van der Waals surface area contributed by atoms with Gasteiger partial charge in [0.05, 0.1) is 13.2 Å². The van der Waals surface area contributed by atoms with E-state index in [0.717, 1.165) is 18.6 Å². The van der Waals surface area contributed by atoms with Crippen molar-refractivity contribution >= 4 is 35.6 Å². The molecule has 0 fully saturated rings. The number of amides is 1. The van der Waals surface area contributed by atoms with Gasteiger partial charge in [0.25, 0.3) is 0 Å². The second-order valence-corrected chi connectivity index (χ2v) is 7.41. The van der Waals surface area contributed by atoms with E-state index in [1.54, 1.807) is 25.6 Å². The molecule has 0 aliphatic heterocycles. The second-order valence-electron chi connectivity index (χ2n) is 6.18. The van der Waals surface area contributed by atoms with Gasteiger partial charge in [-0.05, 0) is 51.0 Å². The number of esters is 2. The topological polar surface area (TPSA) is 145 Å². The standard InChI is InChI=1S/C18H32N2O7S/c1-4-26-16(24)18(20-13(3)21,17(25)27-5-2)10-7-6-8-11-28-12-9-14(19)15(22)23/h14H,4-12,19H2,1-3H3,(H,20,21)(H,22,23)/t14-/m0/s1. The molecule has 0 aromatic carbocycles. The number of hydrogen-bond acceptors (Lipinski definition) is 8. The van der Waals surface area contributed by atoms with Crippen molar-refractivity contribution in [2.24, 2.45) is 5.73 Å². The number of rotatable bonds is 15. The Hall–Kier alpha value is -1.81. The van der Waals surface area contributed by atoms with E-state index in [1.165, 1.54) is 6.92 Å². The van der Waals surface area contributed by atoms with Gasteiger partial charge in [0.2, 0.25) is 11.4 Å². The molecule has 1 atom stereocenters. The minimum atomic E-state index is -1.83. The highest BCUT2D eigenvalue weighted by molar-refractivity contribution is 7.99. The zero-order valence-electron chi connectivity index (χ0n) is 16.8. The summed E-state index contributed by atoms with van der Waals surface area (Å²) in [6.45, 7) is 4.62. The Morgan fingerprint density at radius 3 is 2.07 bits per heavy atom. The Balaban J connectivity index is 4.63. The number of nitrogens with two attached hydrogens (primary N) is 1. The van der Waals surface area contributed by atoms with E-state index < -0.39 is 35.4 Å². The number of unbranched alkanes of at least 4 members (excludes halogenated alkanes) is 2. The number of thioether (sulfide) groups is 1. The van der Waals surface area contributed by atoms with Crippen LogP contribution in [0.4, 0.5) is 0 Å². The lowest BCUT2D eigenvalue weighted by Crippen LogP contribution is -2.61. The molecule has 0 aromatic heterocycles. The summed E-state index contributed by atoms with van der Waals surface area (Å²) in [7, 11) is 0. The quantitative estimate of drug-likeness (QED) is 0.201. The van der Waals surface area contributed by atoms with Crippen LogP contribution in [-0.4, -0.2) is 65.2 Å². The van der Waals surface area contributed by atoms with E-state index in [4.69, 9.17) is 20.3 Å². The highest BCUT2D eigenvalue weighted by atomic mass is 32.2. The summed E-state index contributed by atoms with van der Waals surface area (Å²) < 4.78 is 10.0. The maximum atomic E-state index is 12.4. The Kier molecular flexibility index (Phi) is 13.3. The molecule has 0 aromatic rings. The molecule has 0 rings (SSSR count). The summed E-state index contributed by atoms with van der Waals surface area (Å²) in [6.07, 6.45) is 2.52. The van der Waals surface area contributed by atoms with Crippen LogP contribution in [0.1, 0.15) is 52.9 Å². The molecule has 9 nitrogen and oxygen atoms in total. The number of hydrogen-bond donors (Lipinski definition) is 3. The van der Waals surface area contributed by atoms with E-state index in [1.807, 2.05) is 0 Å². The third-order valence-electron chi connectivity index (χ3n) is 3.87. The Morgan fingerprint density at radius 1 is 1.04 bits per heavy atom. The van der Waals surface area contributed by atoms with Crippen LogP contribution < -0.4 is 11.1 Å². The smallest absolute Gasteiger partial charge is 0.343 e. The molecule has 4 N–H and O–H groups in total. The summed E-state index contributed by atoms with van der Waals surface area (Å²) in [6, 6.07) is -0.847. The van der Waals surface area contributed by atoms with Crippen LogP contribution >= 0.6 is 11.8 Å². The number of aliphatic carboxylic acids is 1. The van der Waals surface area contributed by atoms with Crippen molar-refractivity contribution < 1.29 is 33.8 Å². The second kappa shape index (κ2) is 14.2. The fourth-order valence-corrected chi connectivity index (χ4v) is 3.50. The number of carboxylic acids is 1. The average molecular weight is 421 g/mol. The molecule has 0 spiro atoms. The Morgan fingerprint density at radius 2 is 1.61 bits per heavy atom. The van der Waals surface area contributed by atoms with Crippen LogP contribution in [0.2, 0.25) is 0 Å². The van der Waals surface area contributed by atoms with Crippen LogP contribution in [0.5, 0.6) is 0 Å². The van der Waals surface area contributed by atoms with Crippen molar-refractivity contribution in [2.45, 2.75) is 64.5 Å². The van der Waals surface area contributed by atoms with Gasteiger partial charge >= 0.3 is 17.9 Å². The summed E-state index contributed by atoms with van der Waals surface area (Å²) in [5, 5.41) is 11.2. The molecule has 0 unspecified atom stereocenters. The van der Waals surface area contributed by atoms with Crippen molar-refractivity contribution in [3.63, 3.8) is 0 Å². The third kappa shape index (κ3) is 9.41. The van der Waals surface area contributed by atoms with Gasteiger partial charge in [0, 0.05) is 6.92 Å². The first-order chi connectivity index (χ1) is 13.2. The minimum absolute atomic E-state index is 0.0781. The molecule has 0 aliphatic carbocycles. The predicted octanol–water partition coefficient (Wildman–Crippen LogP) is 1.08. The summed E-state index contributed by atoms with van der Waals surface area (Å²) in [5.74, 6) is -1.71. The molecule has 0 saturated carbocycles. The number of carboxylic acid groups (broad SMARTS) is 1. The average Bonchev–Trinajstić information content (AvgIpc) is 2.62. The normalized spacial score (nSPS) is 12.1. The number of carbonyl (C=O) groups excluding carboxylic acids is 3. The lowest BCUT2D eigenvalue weighted by atomic mass is 9.91. The van der Waals surface area contributed by atoms with Gasteiger partial charge in [-0.25, -0.2) is 9.59 Å². The molecule has 0 bridgehead atoms. The molecular weight excluding hydrogens is 388 g/mol. The van der Waals surface area contributed by atoms with Gasteiger partial charge in [-0.3, -0.25) is 9.59 Å². The van der Waals surface area contributed by atoms with Gasteiger partial charge in [-0.1, -0.05) is 6.42 Å². The van der Waals surface area contributed by atoms with Crippen LogP contribution in [0.15, 0.2) is 0 Å². The predicted molar refractivity (Wildman–Crippen MR) is 106 cm³/mol. The Bertz CT molecular complexity index is 510. The van der Waals surface area contributed by atoms with Gasteiger partial charge in [0.15, 0.2) is 0 Å². The van der Waals surface area contributed by atoms with Gasteiger partial charge < -0.3 is 25.6 Å². The highest BCUT2D eigenvalue weighted by Gasteiger charge is 2.49. The number of carbonyl (C=O) groups is 4. The van der Waals surface area contributed by atoms with Gasteiger partial charge in [-0.2, -0.15) is 11.8 Å². The van der Waals surface area contributed by atoms with E-state index in [0.29, 0.717) is 18.6 Å². The highest BCUT2D eigenvalue weighted by Crippen LogP contribution is 2.21. The molecule has 162 valence electrons. The van der Waals surface area contributed by atoms with Gasteiger partial charge in [-0.15, -0.1) is 0 Å². The maximum Gasteiger partial charge on any atom is 0.343 e. The number of nitrogens with one attached hydrogen (secondary N) is 1. The zero-order chi connectivity index (χ0) is 21.6. The van der Waals surface area contributed by atoms with Gasteiger partial charge in [0.1, 0.15) is 6.04 Å². The van der Waals surface area contributed by atoms with E-state index in [2.05, 4.69) is 5.32 Å². The van der Waals surface area contributed by atoms with Crippen molar-refractivity contribution in [2.75, 3.05) is 24.7 Å². The zero-order valence-corrected chi connectivity index (χ0v) is 17.6. The minimum Gasteiger partial charge on any atom is -0.480 e. The molecule has 10 heteroatoms. The first-order valence-electron chi connectivity index (χ1n) is 9.40. The van der Waals surface area contributed by atoms with Crippen LogP contribution in [0.25, 0.3) is 0 Å². The molecule has 0 saturated heterocycles. The monoisotopic (exact) mass is 420 g/mol. The maximum absolute atomic E-state index is 12.4.